The Balaban J connectivity index is 1.40. The Labute approximate surface area is 417 Å². The predicted molar refractivity (Wildman–Crippen MR) is 258 cm³/mol. The topological polar surface area (TPSA) is 387 Å². The first-order valence-electron chi connectivity index (χ1n) is 23.2. The number of carbonyl (C=O) groups is 10. The SMILES string of the molecule is O=C(O)CC[C@H](NC(=O)NC(CCCCNC(=O)C(Cc1ccc2ccccc2c1)NC(=O)c1ccc(CNC(=O)C2=NCCN(CC(=O)O)CCN(CC(=O)O)CCN(CC(=O)O)C2)nc1)C(=O)O)C(=O)O. The molecule has 0 saturated carbocycles. The number of aromatic nitrogens is 1. The molecule has 394 valence electrons. The first kappa shape index (κ1) is 57.5. The molecular formula is C47H60N10O16. The third kappa shape index (κ3) is 21.0. The Kier molecular flexibility index (Phi) is 23.1. The molecule has 2 unspecified atom stereocenters. The first-order valence-corrected chi connectivity index (χ1v) is 23.2. The lowest BCUT2D eigenvalue weighted by Crippen LogP contribution is -2.51. The number of rotatable bonds is 26. The second kappa shape index (κ2) is 29.3. The van der Waals surface area contributed by atoms with Crippen LogP contribution in [0.15, 0.2) is 65.8 Å². The third-order valence-electron chi connectivity index (χ3n) is 11.4. The van der Waals surface area contributed by atoms with Gasteiger partial charge in [-0.2, -0.15) is 0 Å². The highest BCUT2D eigenvalue weighted by Crippen LogP contribution is 2.17. The molecule has 5 amide bonds. The molecule has 4 rings (SSSR count). The van der Waals surface area contributed by atoms with E-state index >= 15 is 0 Å². The van der Waals surface area contributed by atoms with Crippen LogP contribution >= 0.6 is 0 Å². The van der Waals surface area contributed by atoms with Crippen molar-refractivity contribution < 1.29 is 78.6 Å². The van der Waals surface area contributed by atoms with Crippen molar-refractivity contribution in [2.24, 2.45) is 4.99 Å². The van der Waals surface area contributed by atoms with E-state index in [9.17, 15) is 73.5 Å². The molecule has 3 aromatic rings. The highest BCUT2D eigenvalue weighted by molar-refractivity contribution is 6.39. The number of hydrogen-bond donors (Lipinski definition) is 11. The van der Waals surface area contributed by atoms with Crippen molar-refractivity contribution in [2.75, 3.05) is 72.0 Å². The number of carbonyl (C=O) groups excluding carboxylic acids is 4. The zero-order chi connectivity index (χ0) is 53.5. The summed E-state index contributed by atoms with van der Waals surface area (Å²) in [6.45, 7) is -0.921. The summed E-state index contributed by atoms with van der Waals surface area (Å²) in [5, 5.41) is 70.5. The number of fused-ring (bicyclic) bond motifs is 1. The van der Waals surface area contributed by atoms with Crippen LogP contribution in [0.4, 0.5) is 4.79 Å². The Morgan fingerprint density at radius 1 is 0.589 bits per heavy atom. The maximum Gasteiger partial charge on any atom is 0.326 e. The number of urea groups is 1. The standard InChI is InChI=1S/C47H60N10O16/c58-38(59)13-12-35(46(71)72)54-47(73)53-34(45(69)70)7-3-4-14-49-43(67)36(22-29-8-9-30-5-1-2-6-31(30)21-29)52-42(66)32-10-11-33(50-23-32)24-51-44(68)37-25-57(28-41(64)65)20-19-56(27-40(62)63)18-17-55(16-15-48-37)26-39(60)61/h1-2,5-6,8-11,21,23,34-36H,3-4,7,12-20,22,24-28H2,(H,49,67)(H,51,68)(H,52,66)(H,58,59)(H,60,61)(H,62,63)(H,64,65)(H,69,70)(H,71,72)(H2,53,54,73)/t34?,35-,36?/m0/s1. The minimum atomic E-state index is -1.57. The van der Waals surface area contributed by atoms with E-state index in [1.54, 1.807) is 9.80 Å². The van der Waals surface area contributed by atoms with Gasteiger partial charge in [0.15, 0.2) is 0 Å². The van der Waals surface area contributed by atoms with Crippen LogP contribution in [0.5, 0.6) is 0 Å². The highest BCUT2D eigenvalue weighted by atomic mass is 16.4. The quantitative estimate of drug-likeness (QED) is 0.0437. The molecule has 3 atom stereocenters. The van der Waals surface area contributed by atoms with Gasteiger partial charge in [0.2, 0.25) is 5.91 Å². The van der Waals surface area contributed by atoms with Gasteiger partial charge in [-0.25, -0.2) is 14.4 Å². The van der Waals surface area contributed by atoms with Gasteiger partial charge in [-0.05, 0) is 54.2 Å². The summed E-state index contributed by atoms with van der Waals surface area (Å²) in [4.78, 5) is 136. The van der Waals surface area contributed by atoms with Crippen LogP contribution in [-0.4, -0.2) is 206 Å². The summed E-state index contributed by atoms with van der Waals surface area (Å²) < 4.78 is 0. The number of nitrogens with zero attached hydrogens (tertiary/aromatic N) is 5. The second-order valence-electron chi connectivity index (χ2n) is 17.0. The summed E-state index contributed by atoms with van der Waals surface area (Å²) in [7, 11) is 0. The minimum Gasteiger partial charge on any atom is -0.481 e. The van der Waals surface area contributed by atoms with Gasteiger partial charge in [0, 0.05) is 64.9 Å². The smallest absolute Gasteiger partial charge is 0.326 e. The minimum absolute atomic E-state index is 0.0238. The molecule has 0 saturated heterocycles. The zero-order valence-corrected chi connectivity index (χ0v) is 39.7. The fourth-order valence-electron chi connectivity index (χ4n) is 7.56. The number of amides is 5. The van der Waals surface area contributed by atoms with Crippen molar-refractivity contribution in [3.63, 3.8) is 0 Å². The maximum atomic E-state index is 13.7. The molecule has 0 bridgehead atoms. The summed E-state index contributed by atoms with van der Waals surface area (Å²) in [6.07, 6.45) is 0.642. The van der Waals surface area contributed by atoms with E-state index in [0.717, 1.165) is 16.3 Å². The number of carboxylic acid groups (broad SMARTS) is 6. The van der Waals surface area contributed by atoms with E-state index in [2.05, 4.69) is 36.6 Å². The first-order chi connectivity index (χ1) is 34.8. The Morgan fingerprint density at radius 3 is 1.79 bits per heavy atom. The van der Waals surface area contributed by atoms with E-state index in [4.69, 9.17) is 5.11 Å². The Bertz CT molecular complexity index is 2490. The highest BCUT2D eigenvalue weighted by Gasteiger charge is 2.27. The average Bonchev–Trinajstić information content (AvgIpc) is 3.32. The second-order valence-corrected chi connectivity index (χ2v) is 17.0. The number of nitrogens with one attached hydrogen (secondary N) is 5. The van der Waals surface area contributed by atoms with E-state index in [1.165, 1.54) is 23.2 Å². The molecule has 2 aromatic carbocycles. The van der Waals surface area contributed by atoms with Crippen LogP contribution in [0.1, 0.15) is 53.7 Å². The number of aliphatic carboxylic acids is 6. The lowest BCUT2D eigenvalue weighted by atomic mass is 10.0. The van der Waals surface area contributed by atoms with Crippen LogP contribution in [0.3, 0.4) is 0 Å². The predicted octanol–water partition coefficient (Wildman–Crippen LogP) is -0.837. The van der Waals surface area contributed by atoms with Crippen LogP contribution < -0.4 is 26.6 Å². The molecule has 0 fully saturated rings. The maximum absolute atomic E-state index is 13.7. The molecule has 1 aliphatic heterocycles. The molecule has 73 heavy (non-hydrogen) atoms. The van der Waals surface area contributed by atoms with Crippen molar-refractivity contribution in [1.29, 1.82) is 0 Å². The summed E-state index contributed by atoms with van der Waals surface area (Å²) >= 11 is 0. The van der Waals surface area contributed by atoms with Crippen LogP contribution in [0, 0.1) is 0 Å². The Morgan fingerprint density at radius 2 is 1.19 bits per heavy atom. The number of hydrogen-bond acceptors (Lipinski definition) is 15. The fourth-order valence-corrected chi connectivity index (χ4v) is 7.56. The van der Waals surface area contributed by atoms with Crippen molar-refractivity contribution in [3.8, 4) is 0 Å². The van der Waals surface area contributed by atoms with Crippen LogP contribution in [0.2, 0.25) is 0 Å². The van der Waals surface area contributed by atoms with E-state index in [1.807, 2.05) is 42.5 Å². The summed E-state index contributed by atoms with van der Waals surface area (Å²) in [6, 6.07) is 10.8. The molecule has 2 heterocycles. The molecule has 26 nitrogen and oxygen atoms in total. The van der Waals surface area contributed by atoms with Crippen molar-refractivity contribution in [1.82, 2.24) is 46.3 Å². The monoisotopic (exact) mass is 1020 g/mol. The van der Waals surface area contributed by atoms with Gasteiger partial charge in [0.05, 0.1) is 44.0 Å². The molecule has 0 spiro atoms. The van der Waals surface area contributed by atoms with Gasteiger partial charge in [-0.1, -0.05) is 42.5 Å². The van der Waals surface area contributed by atoms with Gasteiger partial charge in [-0.15, -0.1) is 0 Å². The lowest BCUT2D eigenvalue weighted by molar-refractivity contribution is -0.141. The van der Waals surface area contributed by atoms with Gasteiger partial charge in [0.1, 0.15) is 23.8 Å². The van der Waals surface area contributed by atoms with Crippen molar-refractivity contribution in [3.05, 3.63) is 77.6 Å². The van der Waals surface area contributed by atoms with Gasteiger partial charge >= 0.3 is 41.8 Å². The number of carboxylic acids is 6. The van der Waals surface area contributed by atoms with Gasteiger partial charge in [-0.3, -0.25) is 58.2 Å². The molecular weight excluding hydrogens is 961 g/mol. The molecule has 1 aliphatic rings. The Hall–Kier alpha value is -8.10. The average molecular weight is 1020 g/mol. The van der Waals surface area contributed by atoms with E-state index in [0.29, 0.717) is 5.69 Å². The molecule has 0 radical (unpaired) electrons. The van der Waals surface area contributed by atoms with Gasteiger partial charge < -0.3 is 57.2 Å². The van der Waals surface area contributed by atoms with Crippen LogP contribution in [0.25, 0.3) is 10.8 Å². The van der Waals surface area contributed by atoms with Crippen molar-refractivity contribution >= 4 is 76.1 Å². The lowest BCUT2D eigenvalue weighted by Gasteiger charge is -2.29. The van der Waals surface area contributed by atoms with Gasteiger partial charge in [0.25, 0.3) is 11.8 Å². The molecule has 1 aromatic heterocycles. The fraction of sp³-hybridized carbons (Fsp3) is 0.447. The number of benzene rings is 2. The zero-order valence-electron chi connectivity index (χ0n) is 39.7. The van der Waals surface area contributed by atoms with Crippen molar-refractivity contribution in [2.45, 2.75) is 63.2 Å². The normalized spacial score (nSPS) is 15.2. The number of pyridine rings is 1. The number of aliphatic imine (C=N–C) groups is 1. The number of unbranched alkanes of at least 4 members (excludes halogenated alkanes) is 1. The van der Waals surface area contributed by atoms with E-state index in [-0.39, 0.29) is 109 Å². The third-order valence-corrected chi connectivity index (χ3v) is 11.4. The molecule has 0 aliphatic carbocycles. The largest absolute Gasteiger partial charge is 0.481 e. The summed E-state index contributed by atoms with van der Waals surface area (Å²) in [5.41, 5.74) is 1.04. The summed E-state index contributed by atoms with van der Waals surface area (Å²) in [5.74, 6) is -9.50. The van der Waals surface area contributed by atoms with E-state index < -0.39 is 97.1 Å². The molecule has 11 N–H and O–H groups in total. The van der Waals surface area contributed by atoms with Crippen LogP contribution in [-0.2, 0) is 51.3 Å². The molecule has 26 heteroatoms.